The number of carbonyl (C=O) groups is 1. The van der Waals surface area contributed by atoms with E-state index in [0.717, 1.165) is 24.8 Å². The molecule has 0 aliphatic rings. The van der Waals surface area contributed by atoms with E-state index in [4.69, 9.17) is 0 Å². The van der Waals surface area contributed by atoms with Crippen molar-refractivity contribution in [1.82, 2.24) is 5.32 Å². The van der Waals surface area contributed by atoms with Crippen molar-refractivity contribution in [2.75, 3.05) is 23.7 Å². The zero-order valence-electron chi connectivity index (χ0n) is 17.6. The Balaban J connectivity index is 1.75. The molecular formula is C23H32N2O3S. The largest absolute Gasteiger partial charge is 0.356 e. The smallest absolute Gasteiger partial charge is 0.232 e. The minimum atomic E-state index is -3.39. The van der Waals surface area contributed by atoms with Gasteiger partial charge in [0.15, 0.2) is 0 Å². The number of rotatable bonds is 11. The number of sulfonamides is 1. The van der Waals surface area contributed by atoms with E-state index >= 15 is 0 Å². The first-order chi connectivity index (χ1) is 13.8. The summed E-state index contributed by atoms with van der Waals surface area (Å²) in [7, 11) is -3.39. The molecule has 0 spiro atoms. The maximum atomic E-state index is 12.2. The number of anilines is 1. The number of hydrogen-bond donors (Lipinski definition) is 1. The van der Waals surface area contributed by atoms with Gasteiger partial charge in [-0.2, -0.15) is 0 Å². The van der Waals surface area contributed by atoms with Crippen LogP contribution in [0.2, 0.25) is 0 Å². The summed E-state index contributed by atoms with van der Waals surface area (Å²) < 4.78 is 25.7. The molecule has 1 N–H and O–H groups in total. The molecule has 2 aromatic carbocycles. The van der Waals surface area contributed by atoms with Gasteiger partial charge in [0.25, 0.3) is 0 Å². The second-order valence-corrected chi connectivity index (χ2v) is 9.30. The monoisotopic (exact) mass is 416 g/mol. The van der Waals surface area contributed by atoms with Crippen LogP contribution in [0, 0.1) is 6.92 Å². The van der Waals surface area contributed by atoms with Gasteiger partial charge in [-0.05, 0) is 55.9 Å². The van der Waals surface area contributed by atoms with Gasteiger partial charge in [0.2, 0.25) is 15.9 Å². The number of nitrogens with zero attached hydrogens (tertiary/aromatic N) is 1. The minimum absolute atomic E-state index is 0.0383. The van der Waals surface area contributed by atoms with E-state index in [1.807, 2.05) is 24.3 Å². The Kier molecular flexibility index (Phi) is 8.70. The van der Waals surface area contributed by atoms with E-state index in [-0.39, 0.29) is 5.91 Å². The zero-order chi connectivity index (χ0) is 21.3. The van der Waals surface area contributed by atoms with Crippen molar-refractivity contribution in [2.24, 2.45) is 0 Å². The number of carbonyl (C=O) groups excluding carboxylic acids is 1. The lowest BCUT2D eigenvalue weighted by Crippen LogP contribution is -2.32. The molecule has 2 rings (SSSR count). The highest BCUT2D eigenvalue weighted by molar-refractivity contribution is 7.92. The first-order valence-corrected chi connectivity index (χ1v) is 12.0. The highest BCUT2D eigenvalue weighted by atomic mass is 32.2. The third-order valence-corrected chi connectivity index (χ3v) is 6.08. The molecule has 2 aromatic rings. The van der Waals surface area contributed by atoms with E-state index in [1.54, 1.807) is 0 Å². The first kappa shape index (κ1) is 22.9. The summed E-state index contributed by atoms with van der Waals surface area (Å²) in [6, 6.07) is 15.9. The maximum absolute atomic E-state index is 12.2. The number of hydrogen-bond acceptors (Lipinski definition) is 3. The van der Waals surface area contributed by atoms with Gasteiger partial charge in [0, 0.05) is 19.5 Å². The van der Waals surface area contributed by atoms with Gasteiger partial charge in [-0.3, -0.25) is 9.10 Å². The summed E-state index contributed by atoms with van der Waals surface area (Å²) in [4.78, 5) is 12.1. The number of benzene rings is 2. The Morgan fingerprint density at radius 3 is 2.17 bits per heavy atom. The molecule has 0 aliphatic heterocycles. The van der Waals surface area contributed by atoms with Crippen LogP contribution in [0.4, 0.5) is 5.69 Å². The normalized spacial score (nSPS) is 11.3. The molecule has 6 heteroatoms. The van der Waals surface area contributed by atoms with Crippen LogP contribution in [-0.2, 0) is 27.7 Å². The van der Waals surface area contributed by atoms with Crippen LogP contribution in [0.1, 0.15) is 42.9 Å². The number of amides is 1. The fourth-order valence-electron chi connectivity index (χ4n) is 3.13. The molecular weight excluding hydrogens is 384 g/mol. The summed E-state index contributed by atoms with van der Waals surface area (Å²) in [6.07, 6.45) is 4.70. The molecule has 0 atom stereocenters. The molecule has 0 saturated carbocycles. The third-order valence-electron chi connectivity index (χ3n) is 4.88. The van der Waals surface area contributed by atoms with Crippen molar-refractivity contribution in [1.29, 1.82) is 0 Å². The van der Waals surface area contributed by atoms with Gasteiger partial charge in [-0.1, -0.05) is 48.9 Å². The molecule has 0 saturated heterocycles. The van der Waals surface area contributed by atoms with Crippen LogP contribution >= 0.6 is 0 Å². The van der Waals surface area contributed by atoms with Gasteiger partial charge in [-0.25, -0.2) is 8.42 Å². The fourth-order valence-corrected chi connectivity index (χ4v) is 4.10. The molecule has 0 aliphatic carbocycles. The summed E-state index contributed by atoms with van der Waals surface area (Å²) in [5.74, 6) is -0.0383. The molecule has 0 radical (unpaired) electrons. The first-order valence-electron chi connectivity index (χ1n) is 10.2. The van der Waals surface area contributed by atoms with E-state index in [0.29, 0.717) is 31.6 Å². The number of nitrogens with one attached hydrogen (secondary N) is 1. The van der Waals surface area contributed by atoms with Crippen molar-refractivity contribution in [3.05, 3.63) is 65.2 Å². The summed E-state index contributed by atoms with van der Waals surface area (Å²) in [5.41, 5.74) is 4.31. The van der Waals surface area contributed by atoms with Crippen molar-refractivity contribution in [3.8, 4) is 0 Å². The lowest BCUT2D eigenvalue weighted by atomic mass is 10.1. The Labute approximate surface area is 175 Å². The van der Waals surface area contributed by atoms with Crippen LogP contribution in [0.3, 0.4) is 0 Å². The molecule has 0 aromatic heterocycles. The second-order valence-electron chi connectivity index (χ2n) is 7.40. The van der Waals surface area contributed by atoms with Crippen molar-refractivity contribution in [3.63, 3.8) is 0 Å². The lowest BCUT2D eigenvalue weighted by Gasteiger charge is -2.22. The Morgan fingerprint density at radius 2 is 1.59 bits per heavy atom. The molecule has 0 heterocycles. The highest BCUT2D eigenvalue weighted by Crippen LogP contribution is 2.19. The van der Waals surface area contributed by atoms with Crippen LogP contribution in [0.5, 0.6) is 0 Å². The van der Waals surface area contributed by atoms with Crippen LogP contribution in [0.15, 0.2) is 48.5 Å². The average Bonchev–Trinajstić information content (AvgIpc) is 2.69. The Hall–Kier alpha value is -2.34. The fraction of sp³-hybridized carbons (Fsp3) is 0.435. The van der Waals surface area contributed by atoms with E-state index in [9.17, 15) is 13.2 Å². The predicted molar refractivity (Wildman–Crippen MR) is 120 cm³/mol. The molecule has 1 amide bonds. The topological polar surface area (TPSA) is 66.5 Å². The van der Waals surface area contributed by atoms with Crippen molar-refractivity contribution >= 4 is 21.6 Å². The van der Waals surface area contributed by atoms with Gasteiger partial charge in [0.05, 0.1) is 11.9 Å². The minimum Gasteiger partial charge on any atom is -0.356 e. The average molecular weight is 417 g/mol. The van der Waals surface area contributed by atoms with Crippen LogP contribution in [0.25, 0.3) is 0 Å². The Morgan fingerprint density at radius 1 is 0.966 bits per heavy atom. The summed E-state index contributed by atoms with van der Waals surface area (Å²) in [6.45, 7) is 5.04. The zero-order valence-corrected chi connectivity index (χ0v) is 18.5. The molecule has 0 fully saturated rings. The lowest BCUT2D eigenvalue weighted by molar-refractivity contribution is -0.121. The third kappa shape index (κ3) is 7.89. The predicted octanol–water partition coefficient (Wildman–Crippen LogP) is 3.85. The summed E-state index contributed by atoms with van der Waals surface area (Å²) >= 11 is 0. The standard InChI is InChI=1S/C23H32N2O3S/c1-4-20-13-15-22(16-14-20)25(29(3,27)28)18-6-8-23(26)24-17-5-7-21-11-9-19(2)10-12-21/h9-16H,4-8,17-18H2,1-3H3,(H,24,26). The van der Waals surface area contributed by atoms with E-state index in [1.165, 1.54) is 21.7 Å². The maximum Gasteiger partial charge on any atom is 0.232 e. The molecule has 0 unspecified atom stereocenters. The van der Waals surface area contributed by atoms with Crippen molar-refractivity contribution < 1.29 is 13.2 Å². The van der Waals surface area contributed by atoms with E-state index < -0.39 is 10.0 Å². The van der Waals surface area contributed by atoms with Gasteiger partial charge < -0.3 is 5.32 Å². The number of aryl methyl sites for hydroxylation is 3. The quantitative estimate of drug-likeness (QED) is 0.566. The molecule has 158 valence electrons. The van der Waals surface area contributed by atoms with E-state index in [2.05, 4.69) is 43.4 Å². The highest BCUT2D eigenvalue weighted by Gasteiger charge is 2.17. The summed E-state index contributed by atoms with van der Waals surface area (Å²) in [5, 5.41) is 2.92. The second kappa shape index (κ2) is 11.0. The van der Waals surface area contributed by atoms with Gasteiger partial charge in [0.1, 0.15) is 0 Å². The SMILES string of the molecule is CCc1ccc(N(CCCC(=O)NCCCc2ccc(C)cc2)S(C)(=O)=O)cc1. The Bertz CT molecular complexity index is 875. The van der Waals surface area contributed by atoms with Gasteiger partial charge >= 0.3 is 0 Å². The molecule has 5 nitrogen and oxygen atoms in total. The van der Waals surface area contributed by atoms with Gasteiger partial charge in [-0.15, -0.1) is 0 Å². The van der Waals surface area contributed by atoms with Crippen LogP contribution in [-0.4, -0.2) is 33.7 Å². The van der Waals surface area contributed by atoms with Crippen molar-refractivity contribution in [2.45, 2.75) is 46.0 Å². The van der Waals surface area contributed by atoms with Crippen LogP contribution < -0.4 is 9.62 Å². The molecule has 0 bridgehead atoms. The molecule has 29 heavy (non-hydrogen) atoms.